The van der Waals surface area contributed by atoms with Crippen molar-refractivity contribution >= 4 is 53.8 Å². The van der Waals surface area contributed by atoms with Crippen molar-refractivity contribution in [3.05, 3.63) is 106 Å². The number of carbonyl (C=O) groups is 2. The molecule has 0 aliphatic carbocycles. The Kier molecular flexibility index (Phi) is 8.69. The van der Waals surface area contributed by atoms with Crippen LogP contribution in [0.25, 0.3) is 11.1 Å². The second-order valence-corrected chi connectivity index (χ2v) is 11.5. The van der Waals surface area contributed by atoms with E-state index >= 15 is 0 Å². The maximum atomic E-state index is 12.5. The molecule has 0 unspecified atom stereocenters. The molecule has 2 amide bonds. The summed E-state index contributed by atoms with van der Waals surface area (Å²) in [6.45, 7) is 1.21. The molecular formula is C33H30BCl2N5O4. The second-order valence-electron chi connectivity index (χ2n) is 10.6. The number of likely N-dealkylation sites (N-methyl/N-ethyl adjacent to an activating group) is 2. The van der Waals surface area contributed by atoms with Gasteiger partial charge in [-0.2, -0.15) is 0 Å². The molecule has 1 fully saturated rings. The minimum atomic E-state index is -0.284. The summed E-state index contributed by atoms with van der Waals surface area (Å²) in [6, 6.07) is 18.3. The first-order chi connectivity index (χ1) is 21.7. The van der Waals surface area contributed by atoms with Gasteiger partial charge in [0.05, 0.1) is 17.2 Å². The number of likely N-dealkylation sites (tertiary alicyclic amines) is 1. The number of rotatable bonds is 0. The fourth-order valence-electron chi connectivity index (χ4n) is 6.01. The van der Waals surface area contributed by atoms with E-state index in [0.717, 1.165) is 16.7 Å². The quantitative estimate of drug-likeness (QED) is 0.214. The number of aromatic nitrogens is 2. The van der Waals surface area contributed by atoms with Gasteiger partial charge in [-0.05, 0) is 54.1 Å². The fourth-order valence-corrected chi connectivity index (χ4v) is 6.33. The topological polar surface area (TPSA) is 109 Å². The Morgan fingerprint density at radius 2 is 1.56 bits per heavy atom. The van der Waals surface area contributed by atoms with Crippen molar-refractivity contribution in [2.75, 3.05) is 27.2 Å². The Balaban J connectivity index is 0.000000164. The average molecular weight is 643 g/mol. The zero-order chi connectivity index (χ0) is 31.8. The van der Waals surface area contributed by atoms with Gasteiger partial charge in [-0.3, -0.25) is 19.6 Å². The van der Waals surface area contributed by atoms with Crippen LogP contribution in [-0.4, -0.2) is 67.7 Å². The molecule has 0 radical (unpaired) electrons. The molecule has 12 heteroatoms. The first-order valence-electron chi connectivity index (χ1n) is 14.3. The van der Waals surface area contributed by atoms with E-state index < -0.39 is 0 Å². The predicted molar refractivity (Wildman–Crippen MR) is 176 cm³/mol. The van der Waals surface area contributed by atoms with Crippen LogP contribution < -0.4 is 9.47 Å². The number of benzene rings is 2. The summed E-state index contributed by atoms with van der Waals surface area (Å²) < 4.78 is 17.7. The molecule has 4 aliphatic rings. The third kappa shape index (κ3) is 5.60. The number of halogens is 2. The van der Waals surface area contributed by atoms with E-state index in [0.29, 0.717) is 70.7 Å². The Morgan fingerprint density at radius 3 is 2.31 bits per heavy atom. The van der Waals surface area contributed by atoms with Crippen molar-refractivity contribution in [2.24, 2.45) is 0 Å². The summed E-state index contributed by atoms with van der Waals surface area (Å²) >= 11 is 12.2. The van der Waals surface area contributed by atoms with Crippen LogP contribution in [0.4, 0.5) is 0 Å². The molecule has 0 spiro atoms. The number of pyridine rings is 2. The van der Waals surface area contributed by atoms with Crippen LogP contribution in [0.1, 0.15) is 41.8 Å². The first kappa shape index (κ1) is 30.5. The molecule has 0 saturated carbocycles. The van der Waals surface area contributed by atoms with Crippen LogP contribution in [0.3, 0.4) is 0 Å². The zero-order valence-electron chi connectivity index (χ0n) is 24.8. The van der Waals surface area contributed by atoms with Crippen LogP contribution in [-0.2, 0) is 9.59 Å². The Bertz CT molecular complexity index is 1890. The van der Waals surface area contributed by atoms with Gasteiger partial charge >= 0.3 is 14.3 Å². The summed E-state index contributed by atoms with van der Waals surface area (Å²) in [5, 5.41) is 6.97. The van der Waals surface area contributed by atoms with Crippen LogP contribution in [0.5, 0.6) is 23.0 Å². The normalized spacial score (nSPS) is 18.4. The first-order valence-corrected chi connectivity index (χ1v) is 14.4. The van der Waals surface area contributed by atoms with E-state index in [-0.39, 0.29) is 31.1 Å². The molecule has 228 valence electrons. The van der Waals surface area contributed by atoms with E-state index in [9.17, 15) is 9.59 Å². The summed E-state index contributed by atoms with van der Waals surface area (Å²) in [5.41, 5.74) is 4.77. The minimum absolute atomic E-state index is 0. The molecule has 1 N–H and O–H groups in total. The number of hydrogen-bond acceptors (Lipinski definition) is 7. The predicted octanol–water partition coefficient (Wildman–Crippen LogP) is 6.69. The summed E-state index contributed by atoms with van der Waals surface area (Å²) in [6.07, 6.45) is 3.37. The Hall–Kier alpha value is -4.54. The van der Waals surface area contributed by atoms with Gasteiger partial charge in [0.2, 0.25) is 5.91 Å². The van der Waals surface area contributed by atoms with E-state index in [1.165, 1.54) is 0 Å². The van der Waals surface area contributed by atoms with E-state index in [4.69, 9.17) is 39.3 Å². The van der Waals surface area contributed by atoms with Gasteiger partial charge in [0.25, 0.3) is 5.91 Å². The Labute approximate surface area is 273 Å². The van der Waals surface area contributed by atoms with Gasteiger partial charge in [-0.15, -0.1) is 0 Å². The van der Waals surface area contributed by atoms with E-state index in [2.05, 4.69) is 9.97 Å². The second kappa shape index (κ2) is 12.8. The van der Waals surface area contributed by atoms with Gasteiger partial charge in [-0.1, -0.05) is 36.7 Å². The number of hydrogen-bond donors (Lipinski definition) is 1. The number of ether oxygens (including phenoxy) is 2. The summed E-state index contributed by atoms with van der Waals surface area (Å²) in [4.78, 5) is 37.2. The molecule has 2 atom stereocenters. The van der Waals surface area contributed by atoms with Crippen molar-refractivity contribution in [2.45, 2.75) is 19.3 Å². The monoisotopic (exact) mass is 642 g/mol. The van der Waals surface area contributed by atoms with Gasteiger partial charge in [0, 0.05) is 72.7 Å². The van der Waals surface area contributed by atoms with Crippen LogP contribution in [0, 0.1) is 5.31 Å². The van der Waals surface area contributed by atoms with Gasteiger partial charge in [0.1, 0.15) is 22.9 Å². The maximum absolute atomic E-state index is 12.5. The SMILES string of the molecule is C.CN1CC2=C(C1=O)c1ncccc1Oc1cc(Cl)ccc12.CN1C[C@@H]2c3ccc(Cl)cc3Oc3cccnc3[C@H]2C1=O.[2H]B=N. The molecule has 2 aromatic heterocycles. The Morgan fingerprint density at radius 1 is 0.911 bits per heavy atom. The zero-order valence-corrected chi connectivity index (χ0v) is 25.3. The third-order valence-corrected chi connectivity index (χ3v) is 8.43. The molecule has 45 heavy (non-hydrogen) atoms. The van der Waals surface area contributed by atoms with Crippen LogP contribution >= 0.6 is 23.2 Å². The molecular weight excluding hydrogens is 612 g/mol. The van der Waals surface area contributed by atoms with Crippen molar-refractivity contribution in [1.29, 1.82) is 6.65 Å². The molecule has 1 saturated heterocycles. The van der Waals surface area contributed by atoms with Gasteiger partial charge < -0.3 is 19.3 Å². The number of carbonyl (C=O) groups excluding carboxylic acids is 2. The number of nitrogens with one attached hydrogen (secondary N) is 1. The van der Waals surface area contributed by atoms with Crippen LogP contribution in [0.2, 0.25) is 10.0 Å². The number of fused-ring (bicyclic) bond motifs is 9. The average Bonchev–Trinajstić information content (AvgIpc) is 3.36. The molecule has 4 aromatic rings. The van der Waals surface area contributed by atoms with Crippen molar-refractivity contribution in [1.82, 2.24) is 19.8 Å². The standard InChI is InChI=1S/C16H13ClN2O2.C16H11ClN2O2.CH4.BH2N/c2*1-19-8-11-10-5-4-9(17)7-13(10)21-12-3-2-6-18-15(12)14(11)16(19)20;;1-2/h2-7,11,14H,8H2,1H3;2-7H,8H2,1H3;1H4;1-2H/t11-,14+;;;/m1.../s1/i;;;1D. The number of nitrogens with zero attached hydrogens (tertiary/aromatic N) is 4. The molecule has 0 bridgehead atoms. The molecule has 4 aliphatic heterocycles. The van der Waals surface area contributed by atoms with E-state index in [1.54, 1.807) is 53.5 Å². The number of amides is 2. The van der Waals surface area contributed by atoms with Crippen LogP contribution in [0.15, 0.2) is 73.1 Å². The van der Waals surface area contributed by atoms with Gasteiger partial charge in [0.15, 0.2) is 5.75 Å². The van der Waals surface area contributed by atoms with Gasteiger partial charge in [-0.25, -0.2) is 0 Å². The summed E-state index contributed by atoms with van der Waals surface area (Å²) in [7, 11) is 4.12. The molecule has 2 aromatic carbocycles. The molecule has 6 heterocycles. The fraction of sp³-hybridized carbons (Fsp3) is 0.212. The van der Waals surface area contributed by atoms with Crippen molar-refractivity contribution < 1.29 is 19.1 Å². The van der Waals surface area contributed by atoms with Crippen molar-refractivity contribution in [3.8, 4) is 23.0 Å². The summed E-state index contributed by atoms with van der Waals surface area (Å²) in [5.74, 6) is 2.41. The molecule has 8 rings (SSSR count). The van der Waals surface area contributed by atoms with Crippen molar-refractivity contribution in [3.63, 3.8) is 0 Å². The van der Waals surface area contributed by atoms with E-state index in [1.807, 2.05) is 43.4 Å². The third-order valence-electron chi connectivity index (χ3n) is 7.96. The molecule has 9 nitrogen and oxygen atoms in total.